The maximum atomic E-state index is 13.2. The molecule has 0 aliphatic heterocycles. The maximum Gasteiger partial charge on any atom is 0.123 e. The van der Waals surface area contributed by atoms with Gasteiger partial charge in [-0.3, -0.25) is 0 Å². The minimum absolute atomic E-state index is 0.174. The zero-order valence-electron chi connectivity index (χ0n) is 8.93. The Morgan fingerprint density at radius 2 is 2.13 bits per heavy atom. The highest BCUT2D eigenvalue weighted by Crippen LogP contribution is 2.64. The monoisotopic (exact) mass is 271 g/mol. The van der Waals surface area contributed by atoms with E-state index < -0.39 is 0 Å². The Morgan fingerprint density at radius 1 is 1.47 bits per heavy atom. The molecule has 2 atom stereocenters. The van der Waals surface area contributed by atoms with Gasteiger partial charge in [-0.05, 0) is 47.6 Å². The molecule has 1 aliphatic carbocycles. The van der Waals surface area contributed by atoms with Gasteiger partial charge in [0.1, 0.15) is 5.82 Å². The van der Waals surface area contributed by atoms with Crippen LogP contribution in [0.25, 0.3) is 0 Å². The van der Waals surface area contributed by atoms with Crippen molar-refractivity contribution in [2.45, 2.75) is 19.8 Å². The quantitative estimate of drug-likeness (QED) is 0.878. The lowest BCUT2D eigenvalue weighted by Crippen LogP contribution is -2.05. The van der Waals surface area contributed by atoms with Gasteiger partial charge in [0.15, 0.2) is 0 Å². The van der Waals surface area contributed by atoms with Crippen molar-refractivity contribution < 1.29 is 4.39 Å². The lowest BCUT2D eigenvalue weighted by atomic mass is 10.0. The van der Waals surface area contributed by atoms with Gasteiger partial charge in [-0.1, -0.05) is 29.8 Å². The molecule has 0 heterocycles. The fourth-order valence-corrected chi connectivity index (χ4v) is 3.05. The molecule has 1 aliphatic rings. The van der Waals surface area contributed by atoms with Gasteiger partial charge in [-0.25, -0.2) is 4.39 Å². The minimum Gasteiger partial charge on any atom is -0.330 e. The van der Waals surface area contributed by atoms with Crippen LogP contribution in [0.5, 0.6) is 0 Å². The van der Waals surface area contributed by atoms with Gasteiger partial charge in [-0.15, -0.1) is 0 Å². The summed E-state index contributed by atoms with van der Waals surface area (Å²) in [5, 5.41) is 0. The smallest absolute Gasteiger partial charge is 0.123 e. The molecule has 0 bridgehead atoms. The molecule has 1 aromatic rings. The topological polar surface area (TPSA) is 26.0 Å². The van der Waals surface area contributed by atoms with E-state index >= 15 is 0 Å². The van der Waals surface area contributed by atoms with Crippen molar-refractivity contribution in [3.8, 4) is 0 Å². The zero-order chi connectivity index (χ0) is 11.2. The number of rotatable bonds is 2. The van der Waals surface area contributed by atoms with E-state index in [2.05, 4.69) is 29.8 Å². The van der Waals surface area contributed by atoms with Crippen LogP contribution in [0.4, 0.5) is 4.39 Å². The largest absolute Gasteiger partial charge is 0.330 e. The van der Waals surface area contributed by atoms with E-state index in [1.807, 2.05) is 0 Å². The van der Waals surface area contributed by atoms with E-state index in [1.165, 1.54) is 6.07 Å². The summed E-state index contributed by atoms with van der Waals surface area (Å²) in [6, 6.07) is 4.86. The molecule has 0 amide bonds. The van der Waals surface area contributed by atoms with Crippen LogP contribution in [0.1, 0.15) is 25.3 Å². The molecule has 0 unspecified atom stereocenters. The molecular formula is C12H15BrFN. The summed E-state index contributed by atoms with van der Waals surface area (Å²) in [6.07, 6.45) is 0. The van der Waals surface area contributed by atoms with Gasteiger partial charge >= 0.3 is 0 Å². The number of hydrogen-bond acceptors (Lipinski definition) is 1. The second kappa shape index (κ2) is 3.56. The van der Waals surface area contributed by atoms with E-state index in [0.29, 0.717) is 18.4 Å². The highest BCUT2D eigenvalue weighted by Gasteiger charge is 2.57. The summed E-state index contributed by atoms with van der Waals surface area (Å²) in [7, 11) is 0. The molecule has 0 aromatic heterocycles. The first kappa shape index (κ1) is 11.1. The van der Waals surface area contributed by atoms with Crippen LogP contribution in [0.2, 0.25) is 0 Å². The van der Waals surface area contributed by atoms with E-state index in [-0.39, 0.29) is 11.2 Å². The van der Waals surface area contributed by atoms with E-state index in [0.717, 1.165) is 10.0 Å². The Bertz CT molecular complexity index is 389. The predicted octanol–water partition coefficient (Wildman–Crippen LogP) is 3.29. The van der Waals surface area contributed by atoms with Gasteiger partial charge in [-0.2, -0.15) is 0 Å². The highest BCUT2D eigenvalue weighted by atomic mass is 79.9. The first-order valence-electron chi connectivity index (χ1n) is 5.13. The molecule has 0 spiro atoms. The maximum absolute atomic E-state index is 13.2. The second-order valence-corrected chi connectivity index (χ2v) is 5.66. The van der Waals surface area contributed by atoms with Crippen molar-refractivity contribution in [2.24, 2.45) is 17.1 Å². The van der Waals surface area contributed by atoms with Crippen LogP contribution in [-0.4, -0.2) is 6.54 Å². The molecule has 82 valence electrons. The third-order valence-corrected chi connectivity index (χ3v) is 4.32. The van der Waals surface area contributed by atoms with Crippen molar-refractivity contribution in [3.05, 3.63) is 34.1 Å². The van der Waals surface area contributed by atoms with Crippen molar-refractivity contribution in [2.75, 3.05) is 6.54 Å². The molecule has 3 heteroatoms. The number of hydrogen-bond donors (Lipinski definition) is 1. The molecule has 2 N–H and O–H groups in total. The Labute approximate surface area is 98.0 Å². The summed E-state index contributed by atoms with van der Waals surface area (Å²) in [4.78, 5) is 0. The van der Waals surface area contributed by atoms with Gasteiger partial charge in [0.2, 0.25) is 0 Å². The molecule has 0 saturated heterocycles. The second-order valence-electron chi connectivity index (χ2n) is 4.81. The van der Waals surface area contributed by atoms with Crippen molar-refractivity contribution in [3.63, 3.8) is 0 Å². The molecular weight excluding hydrogens is 257 g/mol. The summed E-state index contributed by atoms with van der Waals surface area (Å²) in [5.41, 5.74) is 6.97. The van der Waals surface area contributed by atoms with Crippen molar-refractivity contribution in [1.29, 1.82) is 0 Å². The van der Waals surface area contributed by atoms with Crippen LogP contribution in [0.15, 0.2) is 22.7 Å². The van der Waals surface area contributed by atoms with Crippen molar-refractivity contribution in [1.82, 2.24) is 0 Å². The zero-order valence-corrected chi connectivity index (χ0v) is 10.5. The van der Waals surface area contributed by atoms with Gasteiger partial charge in [0, 0.05) is 4.47 Å². The fraction of sp³-hybridized carbons (Fsp3) is 0.500. The predicted molar refractivity (Wildman–Crippen MR) is 63.2 cm³/mol. The van der Waals surface area contributed by atoms with Crippen LogP contribution in [-0.2, 0) is 0 Å². The molecule has 1 saturated carbocycles. The highest BCUT2D eigenvalue weighted by molar-refractivity contribution is 9.10. The lowest BCUT2D eigenvalue weighted by Gasteiger charge is -2.06. The first-order valence-corrected chi connectivity index (χ1v) is 5.92. The van der Waals surface area contributed by atoms with Gasteiger partial charge in [0.05, 0.1) is 0 Å². The Balaban J connectivity index is 2.36. The van der Waals surface area contributed by atoms with E-state index in [4.69, 9.17) is 5.73 Å². The van der Waals surface area contributed by atoms with Crippen LogP contribution in [0, 0.1) is 17.2 Å². The number of benzene rings is 1. The number of nitrogens with two attached hydrogens (primary N) is 1. The summed E-state index contributed by atoms with van der Waals surface area (Å²) < 4.78 is 14.2. The molecule has 0 radical (unpaired) electrons. The molecule has 2 rings (SSSR count). The Hall–Kier alpha value is -0.410. The lowest BCUT2D eigenvalue weighted by molar-refractivity contribution is 0.557. The van der Waals surface area contributed by atoms with Crippen LogP contribution in [0.3, 0.4) is 0 Å². The fourth-order valence-electron chi connectivity index (χ4n) is 2.55. The van der Waals surface area contributed by atoms with Crippen LogP contribution < -0.4 is 5.73 Å². The van der Waals surface area contributed by atoms with E-state index in [1.54, 1.807) is 12.1 Å². The Kier molecular flexibility index (Phi) is 2.63. The van der Waals surface area contributed by atoms with Gasteiger partial charge in [0.25, 0.3) is 0 Å². The average molecular weight is 272 g/mol. The average Bonchev–Trinajstić information content (AvgIpc) is 2.72. The first-order chi connectivity index (χ1) is 6.98. The molecule has 1 aromatic carbocycles. The molecule has 1 fully saturated rings. The summed E-state index contributed by atoms with van der Waals surface area (Å²) in [5.74, 6) is 0.676. The SMILES string of the molecule is CC1(C)[C@H](CN)[C@H]1c1cc(F)ccc1Br. The van der Waals surface area contributed by atoms with E-state index in [9.17, 15) is 4.39 Å². The Morgan fingerprint density at radius 3 is 2.67 bits per heavy atom. The molecule has 1 nitrogen and oxygen atoms in total. The summed E-state index contributed by atoms with van der Waals surface area (Å²) >= 11 is 3.47. The van der Waals surface area contributed by atoms with Crippen molar-refractivity contribution >= 4 is 15.9 Å². The molecule has 15 heavy (non-hydrogen) atoms. The summed E-state index contributed by atoms with van der Waals surface area (Å²) in [6.45, 7) is 5.04. The van der Waals surface area contributed by atoms with Crippen LogP contribution >= 0.6 is 15.9 Å². The minimum atomic E-state index is -0.174. The third-order valence-electron chi connectivity index (χ3n) is 3.60. The van der Waals surface area contributed by atoms with Gasteiger partial charge < -0.3 is 5.73 Å². The standard InChI is InChI=1S/C12H15BrFN/c1-12(2)9(6-15)11(12)8-5-7(14)3-4-10(8)13/h3-5,9,11H,6,15H2,1-2H3/t9-,11-/m1/s1. The third kappa shape index (κ3) is 1.72. The normalized spacial score (nSPS) is 27.8. The number of halogens is 2.